The summed E-state index contributed by atoms with van der Waals surface area (Å²) >= 11 is 3.19. The van der Waals surface area contributed by atoms with E-state index in [1.807, 2.05) is 0 Å². The van der Waals surface area contributed by atoms with Gasteiger partial charge in [0.2, 0.25) is 11.5 Å². The van der Waals surface area contributed by atoms with E-state index in [0.717, 1.165) is 4.90 Å². The summed E-state index contributed by atoms with van der Waals surface area (Å²) in [5.74, 6) is -1.19. The number of ether oxygens (including phenoxy) is 2. The highest BCUT2D eigenvalue weighted by Gasteiger charge is 2.34. The third-order valence-electron chi connectivity index (χ3n) is 4.08. The molecule has 12 heteroatoms. The number of carbonyl (C=O) groups excluding carboxylic acids is 3. The van der Waals surface area contributed by atoms with E-state index in [-0.39, 0.29) is 35.2 Å². The van der Waals surface area contributed by atoms with Crippen molar-refractivity contribution in [3.8, 4) is 5.75 Å². The third-order valence-corrected chi connectivity index (χ3v) is 4.67. The van der Waals surface area contributed by atoms with Crippen LogP contribution in [0, 0.1) is 10.1 Å². The number of amides is 3. The molecule has 2 aromatic rings. The predicted molar refractivity (Wildman–Crippen MR) is 104 cm³/mol. The molecule has 156 valence electrons. The number of urea groups is 1. The van der Waals surface area contributed by atoms with Gasteiger partial charge in [-0.2, -0.15) is 0 Å². The van der Waals surface area contributed by atoms with Crippen molar-refractivity contribution >= 4 is 45.6 Å². The molecule has 1 aromatic heterocycles. The van der Waals surface area contributed by atoms with Crippen molar-refractivity contribution in [3.05, 3.63) is 61.6 Å². The molecule has 0 atom stereocenters. The Balaban J connectivity index is 1.85. The van der Waals surface area contributed by atoms with Gasteiger partial charge in [0.25, 0.3) is 5.91 Å². The first-order chi connectivity index (χ1) is 14.2. The van der Waals surface area contributed by atoms with Crippen LogP contribution in [0.1, 0.15) is 21.9 Å². The smallest absolute Gasteiger partial charge is 0.373 e. The molecular formula is C18H14BrN3O8. The van der Waals surface area contributed by atoms with Gasteiger partial charge in [-0.05, 0) is 45.8 Å². The van der Waals surface area contributed by atoms with E-state index in [1.165, 1.54) is 44.6 Å². The van der Waals surface area contributed by atoms with Gasteiger partial charge in [0.05, 0.1) is 30.2 Å². The number of furan rings is 1. The van der Waals surface area contributed by atoms with Crippen LogP contribution in [-0.2, 0) is 16.1 Å². The minimum absolute atomic E-state index is 0.0322. The van der Waals surface area contributed by atoms with Crippen LogP contribution in [0.2, 0.25) is 0 Å². The number of carbonyl (C=O) groups is 3. The zero-order chi connectivity index (χ0) is 22.0. The largest absolute Gasteiger partial charge is 0.489 e. The summed E-state index contributed by atoms with van der Waals surface area (Å²) in [5.41, 5.74) is -0.0877. The topological polar surface area (TPSA) is 141 Å². The van der Waals surface area contributed by atoms with Crippen LogP contribution in [0.4, 0.5) is 10.5 Å². The molecule has 1 aromatic carbocycles. The zero-order valence-corrected chi connectivity index (χ0v) is 17.2. The number of nitrogens with one attached hydrogen (secondary N) is 1. The number of hydrogen-bond acceptors (Lipinski definition) is 8. The van der Waals surface area contributed by atoms with Gasteiger partial charge in [0.1, 0.15) is 11.5 Å². The Morgan fingerprint density at radius 1 is 1.33 bits per heavy atom. The summed E-state index contributed by atoms with van der Waals surface area (Å²) in [6.07, 6.45) is 1.31. The second-order valence-corrected chi connectivity index (χ2v) is 6.80. The van der Waals surface area contributed by atoms with Crippen molar-refractivity contribution in [2.45, 2.75) is 6.54 Å². The molecular weight excluding hydrogens is 466 g/mol. The second kappa shape index (κ2) is 8.37. The van der Waals surface area contributed by atoms with E-state index in [0.29, 0.717) is 10.0 Å². The molecule has 11 nitrogen and oxygen atoms in total. The number of benzene rings is 1. The lowest BCUT2D eigenvalue weighted by Gasteiger charge is -2.09. The van der Waals surface area contributed by atoms with Crippen LogP contribution in [-0.4, -0.2) is 42.0 Å². The average Bonchev–Trinajstić information content (AvgIpc) is 3.27. The molecule has 1 N–H and O–H groups in total. The summed E-state index contributed by atoms with van der Waals surface area (Å²) in [4.78, 5) is 47.8. The second-order valence-electron chi connectivity index (χ2n) is 5.95. The highest BCUT2D eigenvalue weighted by atomic mass is 79.9. The number of nitrogens with zero attached hydrogens (tertiary/aromatic N) is 2. The molecule has 0 aliphatic carbocycles. The van der Waals surface area contributed by atoms with Gasteiger partial charge in [-0.3, -0.25) is 19.8 Å². The van der Waals surface area contributed by atoms with Crippen LogP contribution in [0.15, 0.2) is 38.9 Å². The Morgan fingerprint density at radius 2 is 2.07 bits per heavy atom. The number of methoxy groups -OCH3 is 2. The normalized spacial score (nSPS) is 14.8. The maximum absolute atomic E-state index is 12.6. The number of nitro benzene ring substituents is 1. The van der Waals surface area contributed by atoms with Gasteiger partial charge >= 0.3 is 17.7 Å². The van der Waals surface area contributed by atoms with E-state index in [4.69, 9.17) is 9.15 Å². The SMILES string of the molecule is COC(=O)c1ccc(CN2C(=O)NC(=Cc3cc(Br)c(OC)c([N+](=O)[O-])c3)C2=O)o1. The summed E-state index contributed by atoms with van der Waals surface area (Å²) in [6.45, 7) is -0.217. The van der Waals surface area contributed by atoms with Crippen LogP contribution in [0.5, 0.6) is 5.75 Å². The maximum atomic E-state index is 12.6. The fourth-order valence-electron chi connectivity index (χ4n) is 2.73. The van der Waals surface area contributed by atoms with E-state index in [9.17, 15) is 24.5 Å². The highest BCUT2D eigenvalue weighted by Crippen LogP contribution is 2.36. The first kappa shape index (κ1) is 21.0. The van der Waals surface area contributed by atoms with E-state index in [1.54, 1.807) is 0 Å². The maximum Gasteiger partial charge on any atom is 0.373 e. The number of nitro groups is 1. The zero-order valence-electron chi connectivity index (χ0n) is 15.6. The average molecular weight is 480 g/mol. The minimum atomic E-state index is -0.704. The number of esters is 1. The van der Waals surface area contributed by atoms with E-state index >= 15 is 0 Å². The fourth-order valence-corrected chi connectivity index (χ4v) is 3.36. The summed E-state index contributed by atoms with van der Waals surface area (Å²) in [7, 11) is 2.49. The molecule has 1 aliphatic rings. The highest BCUT2D eigenvalue weighted by molar-refractivity contribution is 9.10. The van der Waals surface area contributed by atoms with Gasteiger partial charge in [0.15, 0.2) is 0 Å². The van der Waals surface area contributed by atoms with Crippen molar-refractivity contribution in [2.75, 3.05) is 14.2 Å². The summed E-state index contributed by atoms with van der Waals surface area (Å²) < 4.78 is 15.1. The Kier molecular flexibility index (Phi) is 5.87. The molecule has 1 fully saturated rings. The lowest BCUT2D eigenvalue weighted by Crippen LogP contribution is -2.30. The number of hydrogen-bond donors (Lipinski definition) is 1. The van der Waals surface area contributed by atoms with E-state index < -0.39 is 22.8 Å². The molecule has 0 saturated carbocycles. The molecule has 30 heavy (non-hydrogen) atoms. The first-order valence-electron chi connectivity index (χ1n) is 8.28. The number of rotatable bonds is 6. The quantitative estimate of drug-likeness (QED) is 0.219. The molecule has 1 aliphatic heterocycles. The van der Waals surface area contributed by atoms with Gasteiger partial charge in [-0.1, -0.05) is 0 Å². The molecule has 0 radical (unpaired) electrons. The number of imide groups is 1. The van der Waals surface area contributed by atoms with Crippen LogP contribution < -0.4 is 10.1 Å². The molecule has 3 rings (SSSR count). The summed E-state index contributed by atoms with van der Waals surface area (Å²) in [5, 5.41) is 13.7. The standard InChI is InChI=1S/C18H14BrN3O8/c1-28-15-11(19)5-9(7-13(15)22(26)27)6-12-16(23)21(18(25)20-12)8-10-3-4-14(30-10)17(24)29-2/h3-7H,8H2,1-2H3,(H,20,25). The van der Waals surface area contributed by atoms with Crippen molar-refractivity contribution in [2.24, 2.45) is 0 Å². The fraction of sp³-hybridized carbons (Fsp3) is 0.167. The van der Waals surface area contributed by atoms with Crippen LogP contribution in [0.25, 0.3) is 6.08 Å². The molecule has 0 unspecified atom stereocenters. The van der Waals surface area contributed by atoms with Crippen molar-refractivity contribution in [3.63, 3.8) is 0 Å². The lowest BCUT2D eigenvalue weighted by molar-refractivity contribution is -0.385. The summed E-state index contributed by atoms with van der Waals surface area (Å²) in [6, 6.07) is 4.83. The minimum Gasteiger partial charge on any atom is -0.489 e. The molecule has 3 amide bonds. The molecule has 2 heterocycles. The van der Waals surface area contributed by atoms with Gasteiger partial charge in [-0.15, -0.1) is 0 Å². The third kappa shape index (κ3) is 4.03. The predicted octanol–water partition coefficient (Wildman–Crippen LogP) is 2.84. The monoisotopic (exact) mass is 479 g/mol. The van der Waals surface area contributed by atoms with Crippen molar-refractivity contribution in [1.82, 2.24) is 10.2 Å². The van der Waals surface area contributed by atoms with Gasteiger partial charge in [-0.25, -0.2) is 9.59 Å². The Bertz CT molecular complexity index is 1090. The molecule has 0 spiro atoms. The van der Waals surface area contributed by atoms with Gasteiger partial charge in [0, 0.05) is 6.07 Å². The number of halogens is 1. The first-order valence-corrected chi connectivity index (χ1v) is 9.08. The van der Waals surface area contributed by atoms with Crippen LogP contribution in [0.3, 0.4) is 0 Å². The van der Waals surface area contributed by atoms with Crippen molar-refractivity contribution in [1.29, 1.82) is 0 Å². The Morgan fingerprint density at radius 3 is 2.70 bits per heavy atom. The van der Waals surface area contributed by atoms with E-state index in [2.05, 4.69) is 26.0 Å². The van der Waals surface area contributed by atoms with Crippen molar-refractivity contribution < 1.29 is 33.2 Å². The Hall–Kier alpha value is -3.67. The Labute approximate surface area is 177 Å². The molecule has 0 bridgehead atoms. The molecule has 1 saturated heterocycles. The van der Waals surface area contributed by atoms with Gasteiger partial charge < -0.3 is 19.2 Å². The van der Waals surface area contributed by atoms with Crippen LogP contribution >= 0.6 is 15.9 Å². The lowest BCUT2D eigenvalue weighted by atomic mass is 10.1.